The third-order valence-electron chi connectivity index (χ3n) is 5.79. The van der Waals surface area contributed by atoms with Crippen molar-refractivity contribution < 1.29 is 13.2 Å². The maximum absolute atomic E-state index is 12.0. The van der Waals surface area contributed by atoms with Crippen LogP contribution < -0.4 is 5.73 Å². The zero-order valence-corrected chi connectivity index (χ0v) is 16.9. The summed E-state index contributed by atoms with van der Waals surface area (Å²) in [5.41, 5.74) is 8.75. The molecule has 3 rings (SSSR count). The smallest absolute Gasteiger partial charge is 0.226 e. The summed E-state index contributed by atoms with van der Waals surface area (Å²) in [5.74, 6) is -0.250. The number of piperidine rings is 1. The summed E-state index contributed by atoms with van der Waals surface area (Å²) in [7, 11) is -2.94. The molecule has 1 amide bonds. The van der Waals surface area contributed by atoms with E-state index in [9.17, 15) is 13.2 Å². The third kappa shape index (κ3) is 5.51. The number of rotatable bonds is 6. The number of hydrogen-bond acceptors (Lipinski definition) is 5. The molecule has 0 aromatic rings. The fraction of sp³-hybridized carbons (Fsp3) is 0.700. The molecule has 3 aliphatic rings. The van der Waals surface area contributed by atoms with E-state index in [4.69, 9.17) is 10.7 Å². The van der Waals surface area contributed by atoms with Gasteiger partial charge in [-0.1, -0.05) is 6.08 Å². The third-order valence-corrected chi connectivity index (χ3v) is 6.72. The molecule has 1 radical (unpaired) electrons. The number of carbonyl (C=O) groups excluding carboxylic acids is 1. The molecule has 1 atom stereocenters. The van der Waals surface area contributed by atoms with Gasteiger partial charge in [0.15, 0.2) is 0 Å². The molecule has 0 aromatic heterocycles. The largest absolute Gasteiger partial charge is 0.369 e. The summed E-state index contributed by atoms with van der Waals surface area (Å²) in [5, 5.41) is 0. The molecule has 0 spiro atoms. The molecule has 7 heteroatoms. The van der Waals surface area contributed by atoms with Crippen LogP contribution in [-0.2, 0) is 14.6 Å². The van der Waals surface area contributed by atoms with Gasteiger partial charge in [0.25, 0.3) is 0 Å². The molecule has 149 valence electrons. The first-order chi connectivity index (χ1) is 12.8. The maximum Gasteiger partial charge on any atom is 0.226 e. The van der Waals surface area contributed by atoms with Gasteiger partial charge in [-0.2, -0.15) is 0 Å². The van der Waals surface area contributed by atoms with Crippen molar-refractivity contribution in [1.82, 2.24) is 4.90 Å². The monoisotopic (exact) mass is 392 g/mol. The predicted molar refractivity (Wildman–Crippen MR) is 107 cm³/mol. The summed E-state index contributed by atoms with van der Waals surface area (Å²) in [6.07, 6.45) is 13.7. The van der Waals surface area contributed by atoms with Crippen molar-refractivity contribution in [2.24, 2.45) is 22.6 Å². The van der Waals surface area contributed by atoms with E-state index in [-0.39, 0.29) is 23.5 Å². The van der Waals surface area contributed by atoms with Crippen LogP contribution in [0.3, 0.4) is 0 Å². The van der Waals surface area contributed by atoms with Crippen LogP contribution in [0.4, 0.5) is 0 Å². The lowest BCUT2D eigenvalue weighted by molar-refractivity contribution is -0.120. The number of nitrogens with two attached hydrogens (primary N) is 1. The Morgan fingerprint density at radius 2 is 2.07 bits per heavy atom. The van der Waals surface area contributed by atoms with Gasteiger partial charge in [0.2, 0.25) is 5.91 Å². The Kier molecular flexibility index (Phi) is 6.52. The second kappa shape index (κ2) is 8.69. The maximum atomic E-state index is 12.0. The minimum absolute atomic E-state index is 0.193. The summed E-state index contributed by atoms with van der Waals surface area (Å²) in [6.45, 7) is 2.23. The Bertz CT molecular complexity index is 759. The van der Waals surface area contributed by atoms with E-state index >= 15 is 0 Å². The first kappa shape index (κ1) is 20.3. The number of nitrogens with zero attached hydrogens (tertiary/aromatic N) is 2. The van der Waals surface area contributed by atoms with Crippen LogP contribution in [0.2, 0.25) is 0 Å². The van der Waals surface area contributed by atoms with Gasteiger partial charge >= 0.3 is 0 Å². The van der Waals surface area contributed by atoms with Crippen molar-refractivity contribution in [2.45, 2.75) is 44.9 Å². The van der Waals surface area contributed by atoms with Crippen molar-refractivity contribution in [3.63, 3.8) is 0 Å². The van der Waals surface area contributed by atoms with E-state index in [0.717, 1.165) is 50.2 Å². The average Bonchev–Trinajstić information content (AvgIpc) is 2.66. The van der Waals surface area contributed by atoms with E-state index < -0.39 is 9.84 Å². The zero-order valence-electron chi connectivity index (χ0n) is 16.1. The van der Waals surface area contributed by atoms with Crippen LogP contribution >= 0.6 is 0 Å². The number of carbonyl (C=O) groups is 1. The highest BCUT2D eigenvalue weighted by Crippen LogP contribution is 2.32. The van der Waals surface area contributed by atoms with E-state index in [0.29, 0.717) is 13.0 Å². The summed E-state index contributed by atoms with van der Waals surface area (Å²) >= 11 is 0. The van der Waals surface area contributed by atoms with Gasteiger partial charge in [-0.3, -0.25) is 9.79 Å². The van der Waals surface area contributed by atoms with Gasteiger partial charge in [0.1, 0.15) is 9.84 Å². The van der Waals surface area contributed by atoms with Crippen molar-refractivity contribution >= 4 is 21.5 Å². The number of amides is 1. The van der Waals surface area contributed by atoms with Crippen LogP contribution in [0, 0.1) is 17.9 Å². The van der Waals surface area contributed by atoms with E-state index in [1.807, 2.05) is 0 Å². The number of hydrogen-bond donors (Lipinski definition) is 1. The van der Waals surface area contributed by atoms with E-state index in [1.54, 1.807) is 0 Å². The van der Waals surface area contributed by atoms with E-state index in [1.165, 1.54) is 24.7 Å². The number of primary amides is 1. The normalized spacial score (nSPS) is 25.5. The summed E-state index contributed by atoms with van der Waals surface area (Å²) < 4.78 is 22.8. The minimum atomic E-state index is -2.94. The molecular formula is C20H30N3O3S. The van der Waals surface area contributed by atoms with Crippen LogP contribution in [0.1, 0.15) is 44.9 Å². The lowest BCUT2D eigenvalue weighted by atomic mass is 9.81. The van der Waals surface area contributed by atoms with Crippen LogP contribution in [0.15, 0.2) is 22.3 Å². The second-order valence-corrected chi connectivity index (χ2v) is 10.2. The Balaban J connectivity index is 1.68. The van der Waals surface area contributed by atoms with Crippen LogP contribution in [-0.4, -0.2) is 56.6 Å². The van der Waals surface area contributed by atoms with Crippen LogP contribution in [0.25, 0.3) is 0 Å². The zero-order chi connectivity index (χ0) is 19.4. The van der Waals surface area contributed by atoms with E-state index in [2.05, 4.69) is 17.1 Å². The first-order valence-electron chi connectivity index (χ1n) is 9.91. The van der Waals surface area contributed by atoms with Gasteiger partial charge in [0, 0.05) is 24.4 Å². The van der Waals surface area contributed by atoms with Crippen molar-refractivity contribution in [1.29, 1.82) is 0 Å². The van der Waals surface area contributed by atoms with Gasteiger partial charge in [-0.05, 0) is 69.7 Å². The molecule has 1 saturated heterocycles. The fourth-order valence-electron chi connectivity index (χ4n) is 4.16. The highest BCUT2D eigenvalue weighted by molar-refractivity contribution is 7.90. The molecule has 1 fully saturated rings. The molecule has 0 bridgehead atoms. The number of allylic oxidation sites excluding steroid dienone is 3. The van der Waals surface area contributed by atoms with Gasteiger partial charge in [-0.15, -0.1) is 0 Å². The standard InChI is InChI=1S/C20H30N3O3S/c1-27(25,26)14-13-23-11-9-16(10-12-23)19-17(20(21)24)7-8-18(22-19)15-5-3-2-4-6-15/h5,16-17H,2-4,6-7,9-14H2,1H3,(H2,21,24). The Morgan fingerprint density at radius 1 is 1.33 bits per heavy atom. The lowest BCUT2D eigenvalue weighted by Gasteiger charge is -2.35. The van der Waals surface area contributed by atoms with Crippen molar-refractivity contribution in [2.75, 3.05) is 31.6 Å². The molecule has 2 heterocycles. The lowest BCUT2D eigenvalue weighted by Crippen LogP contribution is -2.43. The molecule has 1 unspecified atom stereocenters. The Morgan fingerprint density at radius 3 is 2.67 bits per heavy atom. The Labute approximate surface area is 162 Å². The number of likely N-dealkylation sites (tertiary alicyclic amines) is 1. The minimum Gasteiger partial charge on any atom is -0.369 e. The molecular weight excluding hydrogens is 362 g/mol. The molecule has 27 heavy (non-hydrogen) atoms. The molecule has 0 saturated carbocycles. The van der Waals surface area contributed by atoms with Crippen LogP contribution in [0.5, 0.6) is 0 Å². The molecule has 2 aliphatic heterocycles. The van der Waals surface area contributed by atoms with Crippen molar-refractivity contribution in [3.8, 4) is 0 Å². The van der Waals surface area contributed by atoms with Crippen molar-refractivity contribution in [3.05, 3.63) is 23.4 Å². The second-order valence-electron chi connectivity index (χ2n) is 7.94. The van der Waals surface area contributed by atoms with Gasteiger partial charge < -0.3 is 10.6 Å². The quantitative estimate of drug-likeness (QED) is 0.747. The molecule has 6 nitrogen and oxygen atoms in total. The topological polar surface area (TPSA) is 92.8 Å². The molecule has 0 aromatic carbocycles. The Hall–Kier alpha value is -1.47. The fourth-order valence-corrected chi connectivity index (χ4v) is 4.75. The highest BCUT2D eigenvalue weighted by Gasteiger charge is 2.33. The predicted octanol–water partition coefficient (Wildman–Crippen LogP) is 1.88. The number of aliphatic imine (C=N–C) groups is 1. The summed E-state index contributed by atoms with van der Waals surface area (Å²) in [6, 6.07) is 0. The molecule has 2 N–H and O–H groups in total. The van der Waals surface area contributed by atoms with Gasteiger partial charge in [-0.25, -0.2) is 8.42 Å². The number of sulfone groups is 1. The SMILES string of the molecule is CS(=O)(=O)CCN1CCC(C2=NC(C3=CCCCC3)=[C]CC2C(N)=O)CC1. The average molecular weight is 393 g/mol. The first-order valence-corrected chi connectivity index (χ1v) is 12.0. The summed E-state index contributed by atoms with van der Waals surface area (Å²) in [4.78, 5) is 19.0. The highest BCUT2D eigenvalue weighted by atomic mass is 32.2. The van der Waals surface area contributed by atoms with Gasteiger partial charge in [0.05, 0.1) is 17.4 Å². The molecule has 1 aliphatic carbocycles.